The van der Waals surface area contributed by atoms with Crippen molar-refractivity contribution in [3.8, 4) is 0 Å². The van der Waals surface area contributed by atoms with Gasteiger partial charge in [-0.25, -0.2) is 0 Å². The maximum absolute atomic E-state index is 11.8. The molecule has 7 heteroatoms. The van der Waals surface area contributed by atoms with E-state index in [4.69, 9.17) is 9.63 Å². The summed E-state index contributed by atoms with van der Waals surface area (Å²) in [6.07, 6.45) is 5.71. The smallest absolute Gasteiger partial charge is 0.309 e. The molecule has 7 nitrogen and oxygen atoms in total. The van der Waals surface area contributed by atoms with Crippen molar-refractivity contribution < 1.29 is 19.2 Å². The third kappa shape index (κ3) is 5.04. The average molecular weight is 323 g/mol. The van der Waals surface area contributed by atoms with Gasteiger partial charge >= 0.3 is 5.97 Å². The number of nitrogens with zero attached hydrogens (tertiary/aromatic N) is 2. The second kappa shape index (κ2) is 7.57. The van der Waals surface area contributed by atoms with Crippen LogP contribution < -0.4 is 5.32 Å². The van der Waals surface area contributed by atoms with Gasteiger partial charge in [-0.1, -0.05) is 18.0 Å². The van der Waals surface area contributed by atoms with Crippen LogP contribution in [0.4, 0.5) is 0 Å². The van der Waals surface area contributed by atoms with Crippen molar-refractivity contribution in [2.75, 3.05) is 6.54 Å². The van der Waals surface area contributed by atoms with Gasteiger partial charge in [0.2, 0.25) is 11.8 Å². The first kappa shape index (κ1) is 17.4. The van der Waals surface area contributed by atoms with Crippen LogP contribution >= 0.6 is 0 Å². The third-order valence-corrected chi connectivity index (χ3v) is 4.42. The van der Waals surface area contributed by atoms with Crippen molar-refractivity contribution in [1.82, 2.24) is 15.5 Å². The molecule has 0 aromatic carbocycles. The lowest BCUT2D eigenvalue weighted by atomic mass is 9.90. The molecule has 1 aliphatic carbocycles. The average Bonchev–Trinajstić information content (AvgIpc) is 3.15. The first-order valence-corrected chi connectivity index (χ1v) is 8.21. The Hall–Kier alpha value is -1.92. The number of hydrogen-bond donors (Lipinski definition) is 2. The molecule has 1 heterocycles. The van der Waals surface area contributed by atoms with E-state index in [2.05, 4.69) is 15.5 Å². The SMILES string of the molecule is CC(C)(CCNC(=O)CCc1nc(C2CCCC2)no1)C(=O)O. The zero-order valence-corrected chi connectivity index (χ0v) is 13.8. The van der Waals surface area contributed by atoms with Crippen molar-refractivity contribution in [2.45, 2.75) is 64.7 Å². The zero-order valence-electron chi connectivity index (χ0n) is 13.8. The molecule has 2 rings (SSSR count). The molecular formula is C16H25N3O4. The first-order chi connectivity index (χ1) is 10.9. The van der Waals surface area contributed by atoms with E-state index in [1.54, 1.807) is 13.8 Å². The van der Waals surface area contributed by atoms with Crippen LogP contribution in [0.15, 0.2) is 4.52 Å². The second-order valence-electron chi connectivity index (χ2n) is 6.82. The number of aryl methyl sites for hydroxylation is 1. The predicted molar refractivity (Wildman–Crippen MR) is 82.9 cm³/mol. The molecule has 2 N–H and O–H groups in total. The van der Waals surface area contributed by atoms with Gasteiger partial charge in [-0.3, -0.25) is 9.59 Å². The van der Waals surface area contributed by atoms with Gasteiger partial charge in [0.1, 0.15) is 0 Å². The maximum atomic E-state index is 11.8. The highest BCUT2D eigenvalue weighted by Gasteiger charge is 2.26. The van der Waals surface area contributed by atoms with Gasteiger partial charge in [-0.2, -0.15) is 4.98 Å². The van der Waals surface area contributed by atoms with Gasteiger partial charge in [0.15, 0.2) is 5.82 Å². The summed E-state index contributed by atoms with van der Waals surface area (Å²) in [6.45, 7) is 3.63. The Kier molecular flexibility index (Phi) is 5.74. The van der Waals surface area contributed by atoms with E-state index in [-0.39, 0.29) is 12.3 Å². The van der Waals surface area contributed by atoms with Gasteiger partial charge in [0.25, 0.3) is 0 Å². The fraction of sp³-hybridized carbons (Fsp3) is 0.750. The summed E-state index contributed by atoms with van der Waals surface area (Å²) < 4.78 is 5.20. The van der Waals surface area contributed by atoms with Gasteiger partial charge < -0.3 is 14.9 Å². The number of carboxylic acid groups (broad SMARTS) is 1. The van der Waals surface area contributed by atoms with Crippen molar-refractivity contribution >= 4 is 11.9 Å². The van der Waals surface area contributed by atoms with Crippen LogP contribution in [0.5, 0.6) is 0 Å². The Balaban J connectivity index is 1.69. The Bertz CT molecular complexity index is 547. The van der Waals surface area contributed by atoms with Crippen molar-refractivity contribution in [3.05, 3.63) is 11.7 Å². The summed E-state index contributed by atoms with van der Waals surface area (Å²) in [6, 6.07) is 0. The minimum atomic E-state index is -0.864. The first-order valence-electron chi connectivity index (χ1n) is 8.21. The summed E-state index contributed by atoms with van der Waals surface area (Å²) in [5.74, 6) is 0.664. The molecule has 0 spiro atoms. The molecular weight excluding hydrogens is 298 g/mol. The van der Waals surface area contributed by atoms with Gasteiger partial charge in [0.05, 0.1) is 5.41 Å². The lowest BCUT2D eigenvalue weighted by molar-refractivity contribution is -0.147. The summed E-state index contributed by atoms with van der Waals surface area (Å²) in [7, 11) is 0. The molecule has 0 radical (unpaired) electrons. The molecule has 1 fully saturated rings. The van der Waals surface area contributed by atoms with Gasteiger partial charge in [-0.05, 0) is 33.1 Å². The number of hydrogen-bond acceptors (Lipinski definition) is 5. The Labute approximate surface area is 135 Å². The lowest BCUT2D eigenvalue weighted by Gasteiger charge is -2.18. The summed E-state index contributed by atoms with van der Waals surface area (Å²) in [4.78, 5) is 27.1. The zero-order chi connectivity index (χ0) is 16.9. The number of carbonyl (C=O) groups excluding carboxylic acids is 1. The van der Waals surface area contributed by atoms with E-state index in [0.29, 0.717) is 31.2 Å². The van der Waals surface area contributed by atoms with Gasteiger partial charge in [-0.15, -0.1) is 0 Å². The second-order valence-corrected chi connectivity index (χ2v) is 6.82. The quantitative estimate of drug-likeness (QED) is 0.760. The summed E-state index contributed by atoms with van der Waals surface area (Å²) in [5.41, 5.74) is -0.837. The van der Waals surface area contributed by atoms with Crippen LogP contribution in [0.1, 0.15) is 70.0 Å². The van der Waals surface area contributed by atoms with E-state index in [9.17, 15) is 9.59 Å². The van der Waals surface area contributed by atoms with E-state index in [1.165, 1.54) is 12.8 Å². The van der Waals surface area contributed by atoms with E-state index >= 15 is 0 Å². The highest BCUT2D eigenvalue weighted by molar-refractivity contribution is 5.76. The van der Waals surface area contributed by atoms with Gasteiger partial charge in [0, 0.05) is 25.3 Å². The lowest BCUT2D eigenvalue weighted by Crippen LogP contribution is -2.32. The fourth-order valence-corrected chi connectivity index (χ4v) is 2.65. The largest absolute Gasteiger partial charge is 0.481 e. The van der Waals surface area contributed by atoms with Crippen LogP contribution in [-0.4, -0.2) is 33.7 Å². The molecule has 1 saturated carbocycles. The normalized spacial score (nSPS) is 15.7. The molecule has 128 valence electrons. The molecule has 0 aliphatic heterocycles. The molecule has 23 heavy (non-hydrogen) atoms. The van der Waals surface area contributed by atoms with Crippen molar-refractivity contribution in [1.29, 1.82) is 0 Å². The monoisotopic (exact) mass is 323 g/mol. The predicted octanol–water partition coefficient (Wildman–Crippen LogP) is 2.28. The summed E-state index contributed by atoms with van der Waals surface area (Å²) >= 11 is 0. The van der Waals surface area contributed by atoms with Crippen molar-refractivity contribution in [2.24, 2.45) is 5.41 Å². The number of carbonyl (C=O) groups is 2. The van der Waals surface area contributed by atoms with Crippen LogP contribution in [0, 0.1) is 5.41 Å². The topological polar surface area (TPSA) is 105 Å². The number of rotatable bonds is 8. The maximum Gasteiger partial charge on any atom is 0.309 e. The molecule has 1 aromatic rings. The van der Waals surface area contributed by atoms with E-state index in [0.717, 1.165) is 18.7 Å². The molecule has 1 aliphatic rings. The minimum absolute atomic E-state index is 0.133. The number of carboxylic acids is 1. The highest BCUT2D eigenvalue weighted by Crippen LogP contribution is 2.32. The highest BCUT2D eigenvalue weighted by atomic mass is 16.5. The number of aliphatic carboxylic acids is 1. The van der Waals surface area contributed by atoms with E-state index in [1.807, 2.05) is 0 Å². The molecule has 1 amide bonds. The minimum Gasteiger partial charge on any atom is -0.481 e. The number of aromatic nitrogens is 2. The summed E-state index contributed by atoms with van der Waals surface area (Å²) in [5, 5.41) is 15.8. The third-order valence-electron chi connectivity index (χ3n) is 4.42. The Morgan fingerprint density at radius 2 is 2.04 bits per heavy atom. The van der Waals surface area contributed by atoms with Crippen molar-refractivity contribution in [3.63, 3.8) is 0 Å². The Morgan fingerprint density at radius 1 is 1.35 bits per heavy atom. The molecule has 0 unspecified atom stereocenters. The molecule has 1 aromatic heterocycles. The standard InChI is InChI=1S/C16H25N3O4/c1-16(2,15(21)22)9-10-17-12(20)7-8-13-18-14(19-23-13)11-5-3-4-6-11/h11H,3-10H2,1-2H3,(H,17,20)(H,21,22). The molecule has 0 atom stereocenters. The Morgan fingerprint density at radius 3 is 2.70 bits per heavy atom. The van der Waals surface area contributed by atoms with Crippen LogP contribution in [0.2, 0.25) is 0 Å². The number of nitrogens with one attached hydrogen (secondary N) is 1. The number of amides is 1. The van der Waals surface area contributed by atoms with Crippen LogP contribution in [0.3, 0.4) is 0 Å². The van der Waals surface area contributed by atoms with E-state index < -0.39 is 11.4 Å². The fourth-order valence-electron chi connectivity index (χ4n) is 2.65. The molecule has 0 saturated heterocycles. The molecule has 0 bridgehead atoms. The van der Waals surface area contributed by atoms with Crippen LogP contribution in [0.25, 0.3) is 0 Å². The van der Waals surface area contributed by atoms with Crippen LogP contribution in [-0.2, 0) is 16.0 Å².